The van der Waals surface area contributed by atoms with Crippen LogP contribution in [0, 0.1) is 0 Å². The molecule has 0 amide bonds. The van der Waals surface area contributed by atoms with Gasteiger partial charge in [0, 0.05) is 52.0 Å². The molecule has 0 spiro atoms. The van der Waals surface area contributed by atoms with E-state index < -0.39 is 0 Å². The van der Waals surface area contributed by atoms with E-state index in [4.69, 9.17) is 4.74 Å². The Morgan fingerprint density at radius 2 is 2.24 bits per heavy atom. The van der Waals surface area contributed by atoms with Gasteiger partial charge in [0.1, 0.15) is 12.4 Å². The Morgan fingerprint density at radius 3 is 3.00 bits per heavy atom. The number of fused-ring (bicyclic) bond motifs is 1. The van der Waals surface area contributed by atoms with Gasteiger partial charge < -0.3 is 19.9 Å². The molecule has 1 atom stereocenters. The predicted octanol–water partition coefficient (Wildman–Crippen LogP) is 1.16. The maximum absolute atomic E-state index is 11.7. The van der Waals surface area contributed by atoms with Crippen molar-refractivity contribution in [1.29, 1.82) is 0 Å². The highest BCUT2D eigenvalue weighted by Gasteiger charge is 2.22. The first-order valence-electron chi connectivity index (χ1n) is 9.74. The van der Waals surface area contributed by atoms with Gasteiger partial charge in [-0.2, -0.15) is 5.10 Å². The zero-order valence-electron chi connectivity index (χ0n) is 17.0. The van der Waals surface area contributed by atoms with Gasteiger partial charge >= 0.3 is 0 Å². The summed E-state index contributed by atoms with van der Waals surface area (Å²) in [6.07, 6.45) is 5.60. The standard InChI is InChI=1S/C19H29N7O2.HI/c1-20-19(21-10-4-6-12-25-11-5-3-7-18(25)27)22-15-8-9-17-23-16(14-28-2)24-26(17)13-15;/h3,5,7,11,15H,4,6,8-10,12-14H2,1-2H3,(H2,20,21,22);1H. The van der Waals surface area contributed by atoms with Gasteiger partial charge in [-0.15, -0.1) is 24.0 Å². The summed E-state index contributed by atoms with van der Waals surface area (Å²) in [6, 6.07) is 5.50. The van der Waals surface area contributed by atoms with Crippen LogP contribution >= 0.6 is 24.0 Å². The van der Waals surface area contributed by atoms with E-state index in [-0.39, 0.29) is 35.6 Å². The van der Waals surface area contributed by atoms with Crippen LogP contribution in [0.2, 0.25) is 0 Å². The zero-order chi connectivity index (χ0) is 19.8. The minimum Gasteiger partial charge on any atom is -0.377 e. The average molecular weight is 515 g/mol. The molecule has 1 aliphatic heterocycles. The highest BCUT2D eigenvalue weighted by atomic mass is 127. The molecule has 0 aromatic carbocycles. The maximum Gasteiger partial charge on any atom is 0.250 e. The molecule has 2 N–H and O–H groups in total. The lowest BCUT2D eigenvalue weighted by atomic mass is 10.1. The Hall–Kier alpha value is -1.95. The smallest absolute Gasteiger partial charge is 0.250 e. The Balaban J connectivity index is 0.00000300. The van der Waals surface area contributed by atoms with E-state index in [0.717, 1.165) is 62.9 Å². The zero-order valence-corrected chi connectivity index (χ0v) is 19.3. The van der Waals surface area contributed by atoms with E-state index in [1.54, 1.807) is 30.9 Å². The maximum atomic E-state index is 11.7. The SMILES string of the molecule is CN=C(NCCCCn1ccccc1=O)NC1CCc2nc(COC)nn2C1.I. The van der Waals surface area contributed by atoms with Crippen molar-refractivity contribution in [2.45, 2.75) is 51.4 Å². The number of aromatic nitrogens is 4. The summed E-state index contributed by atoms with van der Waals surface area (Å²) in [5.74, 6) is 2.55. The quantitative estimate of drug-likeness (QED) is 0.237. The summed E-state index contributed by atoms with van der Waals surface area (Å²) in [7, 11) is 3.43. The van der Waals surface area contributed by atoms with Gasteiger partial charge in [-0.3, -0.25) is 9.79 Å². The Labute approximate surface area is 188 Å². The molecular weight excluding hydrogens is 485 g/mol. The molecule has 1 aliphatic rings. The van der Waals surface area contributed by atoms with Crippen LogP contribution < -0.4 is 16.2 Å². The molecule has 0 saturated carbocycles. The molecule has 0 aliphatic carbocycles. The van der Waals surface area contributed by atoms with Crippen molar-refractivity contribution in [3.05, 3.63) is 46.4 Å². The molecule has 160 valence electrons. The lowest BCUT2D eigenvalue weighted by molar-refractivity contribution is 0.177. The fourth-order valence-corrected chi connectivity index (χ4v) is 3.32. The number of guanidine groups is 1. The van der Waals surface area contributed by atoms with Crippen molar-refractivity contribution < 1.29 is 4.74 Å². The van der Waals surface area contributed by atoms with Crippen LogP contribution in [-0.4, -0.2) is 52.0 Å². The first-order valence-corrected chi connectivity index (χ1v) is 9.74. The number of aliphatic imine (C=N–C) groups is 1. The second-order valence-electron chi connectivity index (χ2n) is 6.88. The first-order chi connectivity index (χ1) is 13.7. The van der Waals surface area contributed by atoms with Gasteiger partial charge in [-0.05, 0) is 25.3 Å². The fraction of sp³-hybridized carbons (Fsp3) is 0.579. The normalized spacial score (nSPS) is 16.1. The summed E-state index contributed by atoms with van der Waals surface area (Å²) in [5, 5.41) is 11.3. The highest BCUT2D eigenvalue weighted by molar-refractivity contribution is 14.0. The van der Waals surface area contributed by atoms with Gasteiger partial charge in [-0.25, -0.2) is 9.67 Å². The summed E-state index contributed by atoms with van der Waals surface area (Å²) in [4.78, 5) is 20.5. The number of nitrogens with zero attached hydrogens (tertiary/aromatic N) is 5. The van der Waals surface area contributed by atoms with Crippen LogP contribution in [0.25, 0.3) is 0 Å². The van der Waals surface area contributed by atoms with Crippen molar-refractivity contribution in [2.24, 2.45) is 4.99 Å². The largest absolute Gasteiger partial charge is 0.377 e. The van der Waals surface area contributed by atoms with Crippen LogP contribution in [0.1, 0.15) is 30.9 Å². The van der Waals surface area contributed by atoms with E-state index in [1.165, 1.54) is 0 Å². The van der Waals surface area contributed by atoms with E-state index in [1.807, 2.05) is 16.9 Å². The van der Waals surface area contributed by atoms with Gasteiger partial charge in [-0.1, -0.05) is 6.07 Å². The van der Waals surface area contributed by atoms with Crippen LogP contribution in [0.3, 0.4) is 0 Å². The van der Waals surface area contributed by atoms with Crippen molar-refractivity contribution in [3.8, 4) is 0 Å². The first kappa shape index (κ1) is 23.3. The molecule has 0 bridgehead atoms. The van der Waals surface area contributed by atoms with Crippen LogP contribution in [0.5, 0.6) is 0 Å². The number of pyridine rings is 1. The molecule has 3 heterocycles. The minimum absolute atomic E-state index is 0. The number of hydrogen-bond acceptors (Lipinski definition) is 5. The van der Waals surface area contributed by atoms with Gasteiger partial charge in [0.05, 0.1) is 6.54 Å². The molecule has 2 aromatic heterocycles. The molecule has 1 unspecified atom stereocenters. The topological polar surface area (TPSA) is 98.4 Å². The van der Waals surface area contributed by atoms with Crippen molar-refractivity contribution >= 4 is 29.9 Å². The van der Waals surface area contributed by atoms with E-state index >= 15 is 0 Å². The molecule has 10 heteroatoms. The monoisotopic (exact) mass is 515 g/mol. The number of unbranched alkanes of at least 4 members (excludes halogenated alkanes) is 1. The van der Waals surface area contributed by atoms with Gasteiger partial charge in [0.2, 0.25) is 5.56 Å². The van der Waals surface area contributed by atoms with Crippen molar-refractivity contribution in [2.75, 3.05) is 20.7 Å². The number of methoxy groups -OCH3 is 1. The van der Waals surface area contributed by atoms with Crippen LogP contribution in [-0.2, 0) is 30.9 Å². The van der Waals surface area contributed by atoms with Gasteiger partial charge in [0.15, 0.2) is 11.8 Å². The summed E-state index contributed by atoms with van der Waals surface area (Å²) in [5.41, 5.74) is 0.0476. The number of rotatable bonds is 8. The predicted molar refractivity (Wildman–Crippen MR) is 123 cm³/mol. The molecule has 0 fully saturated rings. The number of nitrogens with one attached hydrogen (secondary N) is 2. The molecular formula is C19H30IN7O2. The minimum atomic E-state index is 0. The second-order valence-corrected chi connectivity index (χ2v) is 6.88. The van der Waals surface area contributed by atoms with E-state index in [0.29, 0.717) is 6.61 Å². The molecule has 2 aromatic rings. The Kier molecular flexibility index (Phi) is 9.58. The summed E-state index contributed by atoms with van der Waals surface area (Å²) < 4.78 is 8.81. The molecule has 29 heavy (non-hydrogen) atoms. The Bertz CT molecular complexity index is 849. The third-order valence-electron chi connectivity index (χ3n) is 4.76. The van der Waals surface area contributed by atoms with E-state index in [9.17, 15) is 4.79 Å². The highest BCUT2D eigenvalue weighted by Crippen LogP contribution is 2.13. The van der Waals surface area contributed by atoms with Crippen molar-refractivity contribution in [1.82, 2.24) is 30.0 Å². The fourth-order valence-electron chi connectivity index (χ4n) is 3.32. The summed E-state index contributed by atoms with van der Waals surface area (Å²) >= 11 is 0. The number of hydrogen-bond donors (Lipinski definition) is 2. The lowest BCUT2D eigenvalue weighted by Crippen LogP contribution is -2.47. The van der Waals surface area contributed by atoms with Crippen molar-refractivity contribution in [3.63, 3.8) is 0 Å². The number of halogens is 1. The molecule has 0 radical (unpaired) electrons. The molecule has 3 rings (SSSR count). The molecule has 9 nitrogen and oxygen atoms in total. The Morgan fingerprint density at radius 1 is 1.38 bits per heavy atom. The third kappa shape index (κ3) is 6.81. The van der Waals surface area contributed by atoms with E-state index in [2.05, 4.69) is 25.7 Å². The van der Waals surface area contributed by atoms with Crippen LogP contribution in [0.4, 0.5) is 0 Å². The number of aryl methyl sites for hydroxylation is 2. The number of ether oxygens (including phenoxy) is 1. The lowest BCUT2D eigenvalue weighted by Gasteiger charge is -2.25. The third-order valence-corrected chi connectivity index (χ3v) is 4.76. The average Bonchev–Trinajstić information content (AvgIpc) is 3.10. The second kappa shape index (κ2) is 11.9. The summed E-state index contributed by atoms with van der Waals surface area (Å²) in [6.45, 7) is 2.75. The van der Waals surface area contributed by atoms with Gasteiger partial charge in [0.25, 0.3) is 0 Å². The molecule has 0 saturated heterocycles. The van der Waals surface area contributed by atoms with Crippen LogP contribution in [0.15, 0.2) is 34.2 Å².